The molecule has 1 aliphatic heterocycles. The van der Waals surface area contributed by atoms with Crippen molar-refractivity contribution in [3.05, 3.63) is 0 Å². The maximum atomic E-state index is 5.10. The Morgan fingerprint density at radius 1 is 1.16 bits per heavy atom. The molecule has 0 aliphatic carbocycles. The summed E-state index contributed by atoms with van der Waals surface area (Å²) in [6.45, 7) is 11.8. The molecule has 6 nitrogen and oxygen atoms in total. The molecule has 0 amide bonds. The minimum Gasteiger partial charge on any atom is -0.383 e. The van der Waals surface area contributed by atoms with Crippen molar-refractivity contribution < 1.29 is 4.74 Å². The van der Waals surface area contributed by atoms with Crippen molar-refractivity contribution >= 4 is 29.9 Å². The van der Waals surface area contributed by atoms with Crippen molar-refractivity contribution in [2.45, 2.75) is 45.1 Å². The maximum Gasteiger partial charge on any atom is 0.191 e. The number of aliphatic imine (C=N–C) groups is 1. The zero-order valence-electron chi connectivity index (χ0n) is 16.9. The van der Waals surface area contributed by atoms with Crippen LogP contribution in [0.25, 0.3) is 0 Å². The van der Waals surface area contributed by atoms with Gasteiger partial charge in [-0.2, -0.15) is 0 Å². The fourth-order valence-electron chi connectivity index (χ4n) is 3.05. The number of nitrogens with one attached hydrogen (secondary N) is 2. The maximum absolute atomic E-state index is 5.10. The van der Waals surface area contributed by atoms with Gasteiger partial charge in [-0.15, -0.1) is 24.0 Å². The molecule has 0 atom stereocenters. The summed E-state index contributed by atoms with van der Waals surface area (Å²) in [6.07, 6.45) is 5.12. The van der Waals surface area contributed by atoms with Crippen molar-refractivity contribution in [2.24, 2.45) is 4.99 Å². The van der Waals surface area contributed by atoms with Crippen LogP contribution in [0.5, 0.6) is 0 Å². The Morgan fingerprint density at radius 2 is 1.84 bits per heavy atom. The Hall–Kier alpha value is -0.120. The highest BCUT2D eigenvalue weighted by Gasteiger charge is 2.27. The van der Waals surface area contributed by atoms with Crippen LogP contribution in [-0.4, -0.2) is 88.4 Å². The van der Waals surface area contributed by atoms with Crippen LogP contribution in [0.15, 0.2) is 4.99 Å². The van der Waals surface area contributed by atoms with Crippen LogP contribution in [0.1, 0.15) is 39.5 Å². The van der Waals surface area contributed by atoms with Gasteiger partial charge in [-0.05, 0) is 59.8 Å². The van der Waals surface area contributed by atoms with Crippen molar-refractivity contribution in [2.75, 3.05) is 67.1 Å². The van der Waals surface area contributed by atoms with Crippen molar-refractivity contribution in [1.82, 2.24) is 20.4 Å². The Labute approximate surface area is 172 Å². The number of likely N-dealkylation sites (tertiary alicyclic amines) is 1. The summed E-state index contributed by atoms with van der Waals surface area (Å²) >= 11 is 0. The second-order valence-corrected chi connectivity index (χ2v) is 7.36. The quantitative estimate of drug-likeness (QED) is 0.222. The van der Waals surface area contributed by atoms with E-state index < -0.39 is 0 Å². The van der Waals surface area contributed by atoms with E-state index in [1.165, 1.54) is 32.4 Å². The summed E-state index contributed by atoms with van der Waals surface area (Å²) < 4.78 is 5.10. The summed E-state index contributed by atoms with van der Waals surface area (Å²) in [5.74, 6) is 0.902. The molecule has 0 unspecified atom stereocenters. The fraction of sp³-hybridized carbons (Fsp3) is 0.944. The Kier molecular flexibility index (Phi) is 13.9. The number of nitrogens with zero attached hydrogens (tertiary/aromatic N) is 3. The van der Waals surface area contributed by atoms with Gasteiger partial charge in [0, 0.05) is 39.3 Å². The Balaban J connectivity index is 0.00000576. The van der Waals surface area contributed by atoms with E-state index in [1.54, 1.807) is 7.11 Å². The van der Waals surface area contributed by atoms with Crippen LogP contribution in [-0.2, 0) is 4.74 Å². The number of rotatable bonds is 10. The smallest absolute Gasteiger partial charge is 0.191 e. The van der Waals surface area contributed by atoms with Crippen LogP contribution in [0.2, 0.25) is 0 Å². The molecule has 1 rings (SSSR count). The van der Waals surface area contributed by atoms with Gasteiger partial charge in [-0.25, -0.2) is 0 Å². The van der Waals surface area contributed by atoms with Crippen LogP contribution in [0.4, 0.5) is 0 Å². The van der Waals surface area contributed by atoms with Gasteiger partial charge in [0.25, 0.3) is 0 Å². The number of hydrogen-bond donors (Lipinski definition) is 2. The number of methoxy groups -OCH3 is 1. The Bertz CT molecular complexity index is 359. The third-order valence-electron chi connectivity index (χ3n) is 4.81. The molecule has 0 saturated carbocycles. The van der Waals surface area contributed by atoms with E-state index in [4.69, 9.17) is 4.74 Å². The zero-order valence-corrected chi connectivity index (χ0v) is 19.3. The first-order valence-electron chi connectivity index (χ1n) is 9.36. The van der Waals surface area contributed by atoms with E-state index in [0.717, 1.165) is 45.2 Å². The van der Waals surface area contributed by atoms with Gasteiger partial charge in [-0.1, -0.05) is 6.42 Å². The summed E-state index contributed by atoms with van der Waals surface area (Å²) in [7, 11) is 5.72. The van der Waals surface area contributed by atoms with Crippen LogP contribution >= 0.6 is 24.0 Å². The Morgan fingerprint density at radius 3 is 2.44 bits per heavy atom. The fourth-order valence-corrected chi connectivity index (χ4v) is 3.05. The molecule has 150 valence electrons. The van der Waals surface area contributed by atoms with E-state index in [1.807, 2.05) is 7.05 Å². The van der Waals surface area contributed by atoms with Crippen LogP contribution < -0.4 is 10.6 Å². The third kappa shape index (κ3) is 10.6. The third-order valence-corrected chi connectivity index (χ3v) is 4.81. The molecule has 1 heterocycles. The van der Waals surface area contributed by atoms with Crippen LogP contribution in [0.3, 0.4) is 0 Å². The van der Waals surface area contributed by atoms with E-state index in [9.17, 15) is 0 Å². The molecular formula is C18H40IN5O. The average molecular weight is 469 g/mol. The normalized spacial score (nSPS) is 16.6. The first-order chi connectivity index (χ1) is 11.5. The minimum atomic E-state index is 0. The molecule has 0 spiro atoms. The SMILES string of the molecule is CN=C(NCCCN(C)CCOC)NCC(C)(C)N1CCCCC1.I. The molecule has 0 aromatic carbocycles. The van der Waals surface area contributed by atoms with E-state index in [-0.39, 0.29) is 29.5 Å². The molecule has 0 radical (unpaired) electrons. The molecule has 0 bridgehead atoms. The summed E-state index contributed by atoms with van der Waals surface area (Å²) in [6, 6.07) is 0. The average Bonchev–Trinajstić information content (AvgIpc) is 2.60. The lowest BCUT2D eigenvalue weighted by Crippen LogP contribution is -2.55. The van der Waals surface area contributed by atoms with Gasteiger partial charge >= 0.3 is 0 Å². The van der Waals surface area contributed by atoms with Crippen molar-refractivity contribution in [3.8, 4) is 0 Å². The van der Waals surface area contributed by atoms with Gasteiger partial charge < -0.3 is 20.3 Å². The lowest BCUT2D eigenvalue weighted by Gasteiger charge is -2.41. The predicted molar refractivity (Wildman–Crippen MR) is 118 cm³/mol. The number of guanidine groups is 1. The predicted octanol–water partition coefficient (Wildman–Crippen LogP) is 2.00. The number of ether oxygens (including phenoxy) is 1. The number of likely N-dealkylation sites (N-methyl/N-ethyl adjacent to an activating group) is 1. The summed E-state index contributed by atoms with van der Waals surface area (Å²) in [4.78, 5) is 9.24. The number of piperidine rings is 1. The standard InChI is InChI=1S/C18H39N5O.HI/c1-18(2,23-12-7-6-8-13-23)16-21-17(19-3)20-10-9-11-22(4)14-15-24-5;/h6-16H2,1-5H3,(H2,19,20,21);1H. The van der Waals surface area contributed by atoms with E-state index in [2.05, 4.69) is 46.3 Å². The monoisotopic (exact) mass is 469 g/mol. The first-order valence-corrected chi connectivity index (χ1v) is 9.36. The molecule has 7 heteroatoms. The number of halogens is 1. The van der Waals surface area contributed by atoms with E-state index >= 15 is 0 Å². The van der Waals surface area contributed by atoms with Gasteiger partial charge in [0.15, 0.2) is 5.96 Å². The van der Waals surface area contributed by atoms with Gasteiger partial charge in [0.05, 0.1) is 6.61 Å². The largest absolute Gasteiger partial charge is 0.383 e. The lowest BCUT2D eigenvalue weighted by molar-refractivity contribution is 0.0982. The van der Waals surface area contributed by atoms with E-state index in [0.29, 0.717) is 0 Å². The van der Waals surface area contributed by atoms with Gasteiger partial charge in [0.1, 0.15) is 0 Å². The summed E-state index contributed by atoms with van der Waals surface area (Å²) in [5.41, 5.74) is 0.165. The molecule has 25 heavy (non-hydrogen) atoms. The lowest BCUT2D eigenvalue weighted by atomic mass is 9.98. The first kappa shape index (κ1) is 24.9. The van der Waals surface area contributed by atoms with Gasteiger partial charge in [-0.3, -0.25) is 9.89 Å². The molecule has 0 aromatic rings. The van der Waals surface area contributed by atoms with Crippen molar-refractivity contribution in [1.29, 1.82) is 0 Å². The molecule has 1 fully saturated rings. The molecular weight excluding hydrogens is 429 g/mol. The van der Waals surface area contributed by atoms with Crippen molar-refractivity contribution in [3.63, 3.8) is 0 Å². The second-order valence-electron chi connectivity index (χ2n) is 7.36. The highest BCUT2D eigenvalue weighted by atomic mass is 127. The zero-order chi connectivity index (χ0) is 17.8. The van der Waals surface area contributed by atoms with Gasteiger partial charge in [0.2, 0.25) is 0 Å². The topological polar surface area (TPSA) is 52.1 Å². The molecule has 1 saturated heterocycles. The molecule has 1 aliphatic rings. The molecule has 0 aromatic heterocycles. The minimum absolute atomic E-state index is 0. The number of hydrogen-bond acceptors (Lipinski definition) is 4. The highest BCUT2D eigenvalue weighted by Crippen LogP contribution is 2.19. The summed E-state index contributed by atoms with van der Waals surface area (Å²) in [5, 5.41) is 6.91. The van der Waals surface area contributed by atoms with Crippen LogP contribution in [0, 0.1) is 0 Å². The highest BCUT2D eigenvalue weighted by molar-refractivity contribution is 14.0. The second kappa shape index (κ2) is 14.0. The molecule has 2 N–H and O–H groups in total.